The number of amides is 2. The Morgan fingerprint density at radius 1 is 1.28 bits per heavy atom. The van der Waals surface area contributed by atoms with Crippen molar-refractivity contribution >= 4 is 6.03 Å². The van der Waals surface area contributed by atoms with E-state index in [0.717, 1.165) is 49.4 Å². The molecule has 1 aliphatic heterocycles. The molecule has 1 fully saturated rings. The number of hydrogen-bond acceptors (Lipinski definition) is 3. The Labute approximate surface area is 145 Å². The second kappa shape index (κ2) is 6.46. The molecule has 4 rings (SSSR count). The highest BCUT2D eigenvalue weighted by atomic mass is 19.1. The lowest BCUT2D eigenvalue weighted by atomic mass is 10.1. The van der Waals surface area contributed by atoms with Crippen molar-refractivity contribution < 1.29 is 9.18 Å². The number of hydrogen-bond donors (Lipinski definition) is 2. The zero-order chi connectivity index (χ0) is 17.4. The molecule has 6 nitrogen and oxygen atoms in total. The van der Waals surface area contributed by atoms with Gasteiger partial charge in [-0.15, -0.1) is 10.2 Å². The molecule has 2 N–H and O–H groups in total. The number of carbonyl (C=O) groups is 1. The summed E-state index contributed by atoms with van der Waals surface area (Å²) in [5.74, 6) is 1.85. The van der Waals surface area contributed by atoms with E-state index in [-0.39, 0.29) is 29.8 Å². The number of rotatable bonds is 4. The van der Waals surface area contributed by atoms with E-state index in [1.165, 1.54) is 12.1 Å². The Bertz CT molecular complexity index is 772. The largest absolute Gasteiger partial charge is 0.335 e. The summed E-state index contributed by atoms with van der Waals surface area (Å²) in [4.78, 5) is 12.3. The number of nitrogens with one attached hydrogen (secondary N) is 2. The summed E-state index contributed by atoms with van der Waals surface area (Å²) < 4.78 is 15.1. The summed E-state index contributed by atoms with van der Waals surface area (Å²) in [6, 6.07) is 6.19. The van der Waals surface area contributed by atoms with Crippen molar-refractivity contribution in [2.45, 2.75) is 57.2 Å². The fourth-order valence-electron chi connectivity index (χ4n) is 3.56. The summed E-state index contributed by atoms with van der Waals surface area (Å²) >= 11 is 0. The van der Waals surface area contributed by atoms with Crippen LogP contribution < -0.4 is 10.6 Å². The highest BCUT2D eigenvalue weighted by molar-refractivity contribution is 5.75. The van der Waals surface area contributed by atoms with Crippen LogP contribution in [-0.4, -0.2) is 26.8 Å². The normalized spacial score (nSPS) is 22.8. The quantitative estimate of drug-likeness (QED) is 0.896. The zero-order valence-electron chi connectivity index (χ0n) is 14.2. The molecule has 0 saturated heterocycles. The molecular weight excluding hydrogens is 321 g/mol. The molecule has 25 heavy (non-hydrogen) atoms. The average Bonchev–Trinajstić information content (AvgIpc) is 3.21. The van der Waals surface area contributed by atoms with Gasteiger partial charge < -0.3 is 15.2 Å². The molecule has 1 aliphatic carbocycles. The minimum absolute atomic E-state index is 0.102. The first-order valence-electron chi connectivity index (χ1n) is 8.86. The first-order valence-corrected chi connectivity index (χ1v) is 8.86. The number of fused-ring (bicyclic) bond motifs is 1. The first-order chi connectivity index (χ1) is 12.1. The second-order valence-electron chi connectivity index (χ2n) is 6.92. The van der Waals surface area contributed by atoms with Gasteiger partial charge in [0.25, 0.3) is 0 Å². The van der Waals surface area contributed by atoms with E-state index in [1.807, 2.05) is 6.92 Å². The van der Waals surface area contributed by atoms with Gasteiger partial charge in [0.05, 0.1) is 6.04 Å². The lowest BCUT2D eigenvalue weighted by molar-refractivity contribution is 0.236. The Balaban J connectivity index is 1.32. The van der Waals surface area contributed by atoms with Crippen LogP contribution in [0.3, 0.4) is 0 Å². The average molecular weight is 343 g/mol. The molecule has 1 aromatic heterocycles. The van der Waals surface area contributed by atoms with Crippen LogP contribution >= 0.6 is 0 Å². The molecule has 0 spiro atoms. The van der Waals surface area contributed by atoms with Crippen molar-refractivity contribution in [2.24, 2.45) is 0 Å². The smallest absolute Gasteiger partial charge is 0.315 e. The van der Waals surface area contributed by atoms with E-state index < -0.39 is 0 Å². The van der Waals surface area contributed by atoms with Crippen molar-refractivity contribution in [3.05, 3.63) is 47.3 Å². The van der Waals surface area contributed by atoms with Gasteiger partial charge in [-0.3, -0.25) is 0 Å². The van der Waals surface area contributed by atoms with Crippen LogP contribution in [-0.2, 0) is 13.0 Å². The fourth-order valence-corrected chi connectivity index (χ4v) is 3.56. The molecule has 7 heteroatoms. The van der Waals surface area contributed by atoms with E-state index in [9.17, 15) is 9.18 Å². The number of benzene rings is 1. The number of aromatic nitrogens is 3. The van der Waals surface area contributed by atoms with Crippen LogP contribution in [0.2, 0.25) is 0 Å². The van der Waals surface area contributed by atoms with Crippen LogP contribution in [0.15, 0.2) is 24.3 Å². The summed E-state index contributed by atoms with van der Waals surface area (Å²) in [5, 5.41) is 14.4. The van der Waals surface area contributed by atoms with Gasteiger partial charge in [-0.2, -0.15) is 0 Å². The van der Waals surface area contributed by atoms with Crippen molar-refractivity contribution in [1.29, 1.82) is 0 Å². The van der Waals surface area contributed by atoms with Crippen LogP contribution in [0, 0.1) is 5.82 Å². The van der Waals surface area contributed by atoms with Crippen LogP contribution in [0.4, 0.5) is 9.18 Å². The number of aryl methyl sites for hydroxylation is 1. The molecule has 3 atom stereocenters. The predicted octanol–water partition coefficient (Wildman–Crippen LogP) is 2.67. The minimum atomic E-state index is -0.239. The van der Waals surface area contributed by atoms with E-state index in [1.54, 1.807) is 12.1 Å². The van der Waals surface area contributed by atoms with Crippen molar-refractivity contribution in [3.63, 3.8) is 0 Å². The molecule has 0 radical (unpaired) electrons. The SMILES string of the molecule is C[C@H](NC(=O)N[C@@H]1C[C@H]1c1ccc(F)cc1)c1nnc2n1CCCC2. The number of nitrogens with zero attached hydrogens (tertiary/aromatic N) is 3. The molecule has 2 amide bonds. The summed E-state index contributed by atoms with van der Waals surface area (Å²) in [5.41, 5.74) is 1.06. The van der Waals surface area contributed by atoms with Gasteiger partial charge in [0.1, 0.15) is 11.6 Å². The third kappa shape index (κ3) is 3.36. The molecule has 2 aliphatic rings. The Hall–Kier alpha value is -2.44. The maximum absolute atomic E-state index is 13.0. The second-order valence-corrected chi connectivity index (χ2v) is 6.92. The van der Waals surface area contributed by atoms with Gasteiger partial charge in [0.15, 0.2) is 5.82 Å². The highest BCUT2D eigenvalue weighted by Crippen LogP contribution is 2.40. The Morgan fingerprint density at radius 2 is 2.08 bits per heavy atom. The lowest BCUT2D eigenvalue weighted by Gasteiger charge is -2.19. The van der Waals surface area contributed by atoms with E-state index in [2.05, 4.69) is 25.4 Å². The topological polar surface area (TPSA) is 71.8 Å². The van der Waals surface area contributed by atoms with Crippen molar-refractivity contribution in [2.75, 3.05) is 0 Å². The zero-order valence-corrected chi connectivity index (χ0v) is 14.2. The third-order valence-corrected chi connectivity index (χ3v) is 5.03. The summed E-state index contributed by atoms with van der Waals surface area (Å²) in [6.07, 6.45) is 4.10. The van der Waals surface area contributed by atoms with Crippen LogP contribution in [0.5, 0.6) is 0 Å². The molecular formula is C18H22FN5O. The lowest BCUT2D eigenvalue weighted by Crippen LogP contribution is -2.39. The van der Waals surface area contributed by atoms with Crippen molar-refractivity contribution in [3.8, 4) is 0 Å². The summed E-state index contributed by atoms with van der Waals surface area (Å²) in [6.45, 7) is 2.84. The standard InChI is InChI=1S/C18H22FN5O/c1-11(17-23-22-16-4-2-3-9-24(16)17)20-18(25)21-15-10-14(15)12-5-7-13(19)8-6-12/h5-8,11,14-15H,2-4,9-10H2,1H3,(H2,20,21,25)/t11-,14-,15+/m0/s1. The monoisotopic (exact) mass is 343 g/mol. The minimum Gasteiger partial charge on any atom is -0.335 e. The van der Waals surface area contributed by atoms with Crippen molar-refractivity contribution in [1.82, 2.24) is 25.4 Å². The van der Waals surface area contributed by atoms with Gasteiger partial charge in [-0.25, -0.2) is 9.18 Å². The highest BCUT2D eigenvalue weighted by Gasteiger charge is 2.39. The van der Waals surface area contributed by atoms with Gasteiger partial charge in [-0.1, -0.05) is 12.1 Å². The Kier molecular flexibility index (Phi) is 4.15. The van der Waals surface area contributed by atoms with E-state index in [0.29, 0.717) is 0 Å². The third-order valence-electron chi connectivity index (χ3n) is 5.03. The molecule has 0 unspecified atom stereocenters. The van der Waals surface area contributed by atoms with Gasteiger partial charge in [0, 0.05) is 24.9 Å². The van der Waals surface area contributed by atoms with Gasteiger partial charge in [-0.05, 0) is 43.9 Å². The van der Waals surface area contributed by atoms with Gasteiger partial charge >= 0.3 is 6.03 Å². The molecule has 2 aromatic rings. The number of halogens is 1. The van der Waals surface area contributed by atoms with E-state index >= 15 is 0 Å². The van der Waals surface area contributed by atoms with Crippen LogP contribution in [0.25, 0.3) is 0 Å². The fraction of sp³-hybridized carbons (Fsp3) is 0.500. The predicted molar refractivity (Wildman–Crippen MR) is 90.6 cm³/mol. The van der Waals surface area contributed by atoms with E-state index in [4.69, 9.17) is 0 Å². The number of carbonyl (C=O) groups excluding carboxylic acids is 1. The molecule has 2 heterocycles. The van der Waals surface area contributed by atoms with Gasteiger partial charge in [0.2, 0.25) is 0 Å². The molecule has 0 bridgehead atoms. The molecule has 132 valence electrons. The Morgan fingerprint density at radius 3 is 2.88 bits per heavy atom. The maximum Gasteiger partial charge on any atom is 0.315 e. The maximum atomic E-state index is 13.0. The summed E-state index contributed by atoms with van der Waals surface area (Å²) in [7, 11) is 0. The molecule has 1 saturated carbocycles. The van der Waals surface area contributed by atoms with Crippen LogP contribution in [0.1, 0.15) is 55.4 Å². The molecule has 1 aromatic carbocycles. The number of urea groups is 1. The first kappa shape index (κ1) is 16.1.